The Morgan fingerprint density at radius 3 is 2.56 bits per heavy atom. The first kappa shape index (κ1) is 17.8. The molecule has 2 aromatic carbocycles. The molecule has 0 bridgehead atoms. The minimum Gasteiger partial charge on any atom is -0.465 e. The lowest BCUT2D eigenvalue weighted by Crippen LogP contribution is -2.39. The summed E-state index contributed by atoms with van der Waals surface area (Å²) in [5.74, 6) is 0.202. The van der Waals surface area contributed by atoms with Gasteiger partial charge in [0.1, 0.15) is 0 Å². The van der Waals surface area contributed by atoms with Gasteiger partial charge in [-0.3, -0.25) is 4.90 Å². The van der Waals surface area contributed by atoms with Crippen molar-refractivity contribution in [3.63, 3.8) is 0 Å². The third-order valence-electron chi connectivity index (χ3n) is 5.18. The number of hydrogen-bond acceptors (Lipinski definition) is 2. The molecular weight excluding hydrogens is 336 g/mol. The Hall–Kier alpha value is -2.04. The van der Waals surface area contributed by atoms with Crippen molar-refractivity contribution >= 4 is 17.7 Å². The van der Waals surface area contributed by atoms with E-state index in [9.17, 15) is 4.79 Å². The highest BCUT2D eigenvalue weighted by atomic mass is 35.5. The van der Waals surface area contributed by atoms with Crippen molar-refractivity contribution in [1.82, 2.24) is 10.2 Å². The van der Waals surface area contributed by atoms with Crippen LogP contribution in [0, 0.1) is 5.92 Å². The quantitative estimate of drug-likeness (QED) is 0.849. The molecule has 0 spiro atoms. The van der Waals surface area contributed by atoms with Crippen LogP contribution in [0.1, 0.15) is 18.1 Å². The minimum atomic E-state index is -0.972. The molecule has 1 fully saturated rings. The van der Waals surface area contributed by atoms with E-state index in [0.29, 0.717) is 11.6 Å². The summed E-state index contributed by atoms with van der Waals surface area (Å²) in [4.78, 5) is 13.4. The molecule has 132 valence electrons. The Balaban J connectivity index is 1.82. The van der Waals surface area contributed by atoms with Crippen LogP contribution >= 0.6 is 11.6 Å². The Morgan fingerprint density at radius 1 is 1.24 bits per heavy atom. The highest BCUT2D eigenvalue weighted by Gasteiger charge is 2.44. The van der Waals surface area contributed by atoms with Gasteiger partial charge in [-0.25, -0.2) is 4.79 Å². The molecule has 1 amide bonds. The maximum absolute atomic E-state index is 11.0. The van der Waals surface area contributed by atoms with Gasteiger partial charge in [0.25, 0.3) is 0 Å². The summed E-state index contributed by atoms with van der Waals surface area (Å²) in [7, 11) is 0. The van der Waals surface area contributed by atoms with E-state index in [2.05, 4.69) is 41.4 Å². The molecule has 2 atom stereocenters. The van der Waals surface area contributed by atoms with Crippen LogP contribution in [0.4, 0.5) is 4.79 Å². The van der Waals surface area contributed by atoms with Gasteiger partial charge in [0.2, 0.25) is 0 Å². The predicted octanol–water partition coefficient (Wildman–Crippen LogP) is 4.00. The van der Waals surface area contributed by atoms with Crippen LogP contribution in [0.2, 0.25) is 5.02 Å². The molecule has 4 nitrogen and oxygen atoms in total. The van der Waals surface area contributed by atoms with Crippen LogP contribution in [-0.2, 0) is 12.0 Å². The molecule has 1 aliphatic rings. The molecule has 5 heteroatoms. The molecule has 0 aromatic heterocycles. The van der Waals surface area contributed by atoms with Gasteiger partial charge in [0, 0.05) is 36.6 Å². The summed E-state index contributed by atoms with van der Waals surface area (Å²) in [6.45, 7) is 5.27. The van der Waals surface area contributed by atoms with Crippen LogP contribution in [0.5, 0.6) is 0 Å². The van der Waals surface area contributed by atoms with Crippen molar-refractivity contribution in [2.45, 2.75) is 18.9 Å². The Morgan fingerprint density at radius 2 is 1.92 bits per heavy atom. The third-order valence-corrected chi connectivity index (χ3v) is 5.44. The lowest BCUT2D eigenvalue weighted by Gasteiger charge is -2.31. The number of amides is 1. The van der Waals surface area contributed by atoms with E-state index >= 15 is 0 Å². The lowest BCUT2D eigenvalue weighted by molar-refractivity contribution is 0.190. The highest BCUT2D eigenvalue weighted by molar-refractivity contribution is 6.30. The second-order valence-electron chi connectivity index (χ2n) is 6.96. The monoisotopic (exact) mass is 358 g/mol. The zero-order valence-corrected chi connectivity index (χ0v) is 15.0. The van der Waals surface area contributed by atoms with E-state index in [0.717, 1.165) is 19.6 Å². The van der Waals surface area contributed by atoms with Crippen molar-refractivity contribution in [2.24, 2.45) is 5.92 Å². The number of hydrogen-bond donors (Lipinski definition) is 2. The molecule has 0 aliphatic carbocycles. The molecule has 0 saturated carbocycles. The molecule has 0 radical (unpaired) electrons. The van der Waals surface area contributed by atoms with E-state index in [1.165, 1.54) is 11.1 Å². The number of carbonyl (C=O) groups is 1. The molecule has 0 unspecified atom stereocenters. The fourth-order valence-corrected chi connectivity index (χ4v) is 3.92. The van der Waals surface area contributed by atoms with Crippen molar-refractivity contribution in [3.8, 4) is 0 Å². The molecule has 1 saturated heterocycles. The van der Waals surface area contributed by atoms with Crippen LogP contribution in [-0.4, -0.2) is 35.7 Å². The molecule has 1 heterocycles. The maximum atomic E-state index is 11.0. The predicted molar refractivity (Wildman–Crippen MR) is 100 cm³/mol. The van der Waals surface area contributed by atoms with Gasteiger partial charge in [0.05, 0.1) is 0 Å². The first-order valence-corrected chi connectivity index (χ1v) is 8.84. The summed E-state index contributed by atoms with van der Waals surface area (Å²) in [6, 6.07) is 18.3. The van der Waals surface area contributed by atoms with E-state index < -0.39 is 6.09 Å². The van der Waals surface area contributed by atoms with Gasteiger partial charge in [-0.15, -0.1) is 0 Å². The number of likely N-dealkylation sites (tertiary alicyclic amines) is 1. The summed E-state index contributed by atoms with van der Waals surface area (Å²) < 4.78 is 0. The van der Waals surface area contributed by atoms with Gasteiger partial charge in [-0.2, -0.15) is 0 Å². The Bertz CT molecular complexity index is 720. The average Bonchev–Trinajstić information content (AvgIpc) is 2.91. The van der Waals surface area contributed by atoms with E-state index in [4.69, 9.17) is 16.7 Å². The van der Waals surface area contributed by atoms with E-state index in [1.807, 2.05) is 30.3 Å². The second-order valence-corrected chi connectivity index (χ2v) is 7.40. The van der Waals surface area contributed by atoms with Gasteiger partial charge in [0.15, 0.2) is 0 Å². The summed E-state index contributed by atoms with van der Waals surface area (Å²) in [6.07, 6.45) is -0.972. The highest BCUT2D eigenvalue weighted by Crippen LogP contribution is 2.39. The maximum Gasteiger partial charge on any atom is 0.404 e. The smallest absolute Gasteiger partial charge is 0.404 e. The first-order chi connectivity index (χ1) is 12.0. The molecule has 25 heavy (non-hydrogen) atoms. The minimum absolute atomic E-state index is 0.123. The molecule has 2 N–H and O–H groups in total. The van der Waals surface area contributed by atoms with Crippen LogP contribution in [0.25, 0.3) is 0 Å². The number of nitrogens with one attached hydrogen (secondary N) is 1. The summed E-state index contributed by atoms with van der Waals surface area (Å²) in [5, 5.41) is 12.3. The van der Waals surface area contributed by atoms with Crippen LogP contribution < -0.4 is 5.32 Å². The fourth-order valence-electron chi connectivity index (χ4n) is 3.79. The molecule has 1 aliphatic heterocycles. The van der Waals surface area contributed by atoms with Crippen molar-refractivity contribution in [1.29, 1.82) is 0 Å². The zero-order chi connectivity index (χ0) is 17.9. The number of halogens is 1. The van der Waals surface area contributed by atoms with Crippen molar-refractivity contribution < 1.29 is 9.90 Å². The molecule has 2 aromatic rings. The Kier molecular flexibility index (Phi) is 5.30. The largest absolute Gasteiger partial charge is 0.465 e. The topological polar surface area (TPSA) is 52.6 Å². The molecule has 3 rings (SSSR count). The second kappa shape index (κ2) is 7.46. The Labute approximate surface area is 153 Å². The van der Waals surface area contributed by atoms with Crippen molar-refractivity contribution in [3.05, 3.63) is 70.7 Å². The van der Waals surface area contributed by atoms with Gasteiger partial charge < -0.3 is 10.4 Å². The average molecular weight is 359 g/mol. The van der Waals surface area contributed by atoms with Gasteiger partial charge >= 0.3 is 6.09 Å². The van der Waals surface area contributed by atoms with Crippen molar-refractivity contribution in [2.75, 3.05) is 19.6 Å². The number of carboxylic acid groups (broad SMARTS) is 1. The number of rotatable bonds is 5. The number of benzene rings is 2. The number of nitrogens with zero attached hydrogens (tertiary/aromatic N) is 1. The zero-order valence-electron chi connectivity index (χ0n) is 14.3. The first-order valence-electron chi connectivity index (χ1n) is 8.46. The summed E-state index contributed by atoms with van der Waals surface area (Å²) in [5.41, 5.74) is 2.35. The third kappa shape index (κ3) is 4.14. The SMILES string of the molecule is C[C@@]1(c2ccc(Cl)cc2)CN(Cc2ccccc2)C[C@@H]1CNC(=O)O. The molecular formula is C20H23ClN2O2. The fraction of sp³-hybridized carbons (Fsp3) is 0.350. The van der Waals surface area contributed by atoms with Gasteiger partial charge in [-0.1, -0.05) is 61.0 Å². The van der Waals surface area contributed by atoms with E-state index in [-0.39, 0.29) is 11.3 Å². The van der Waals surface area contributed by atoms with Gasteiger partial charge in [-0.05, 0) is 29.2 Å². The van der Waals surface area contributed by atoms with Crippen LogP contribution in [0.3, 0.4) is 0 Å². The van der Waals surface area contributed by atoms with E-state index in [1.54, 1.807) is 0 Å². The summed E-state index contributed by atoms with van der Waals surface area (Å²) >= 11 is 6.04. The normalized spacial score (nSPS) is 23.5. The van der Waals surface area contributed by atoms with Crippen LogP contribution in [0.15, 0.2) is 54.6 Å². The standard InChI is InChI=1S/C20H23ClN2O2/c1-20(16-7-9-18(21)10-8-16)14-23(12-15-5-3-2-4-6-15)13-17(20)11-22-19(24)25/h2-10,17,22H,11-14H2,1H3,(H,24,25)/t17-,20-/m0/s1. The lowest BCUT2D eigenvalue weighted by atomic mass is 9.74.